The molecule has 0 aromatic heterocycles. The number of likely N-dealkylation sites (N-methyl/N-ethyl adjacent to an activating group) is 1. The SMILES string of the molecule is CCN1CCC[C@H]1CNCc1ccc(OCC(=O)Nc2ccc(C)cc2)cc1. The summed E-state index contributed by atoms with van der Waals surface area (Å²) in [6, 6.07) is 16.3. The summed E-state index contributed by atoms with van der Waals surface area (Å²) in [7, 11) is 0. The van der Waals surface area contributed by atoms with Crippen molar-refractivity contribution < 1.29 is 9.53 Å². The van der Waals surface area contributed by atoms with Crippen LogP contribution >= 0.6 is 0 Å². The number of hydrogen-bond donors (Lipinski definition) is 2. The number of hydrogen-bond acceptors (Lipinski definition) is 4. The van der Waals surface area contributed by atoms with Gasteiger partial charge in [-0.25, -0.2) is 0 Å². The first-order valence-electron chi connectivity index (χ1n) is 10.2. The second-order valence-electron chi connectivity index (χ2n) is 7.40. The van der Waals surface area contributed by atoms with Crippen molar-refractivity contribution in [3.8, 4) is 5.75 Å². The maximum Gasteiger partial charge on any atom is 0.262 e. The van der Waals surface area contributed by atoms with Crippen molar-refractivity contribution in [3.63, 3.8) is 0 Å². The Morgan fingerprint density at radius 1 is 1.14 bits per heavy atom. The minimum atomic E-state index is -0.161. The molecule has 1 saturated heterocycles. The highest BCUT2D eigenvalue weighted by molar-refractivity contribution is 5.91. The number of likely N-dealkylation sites (tertiary alicyclic amines) is 1. The average molecular weight is 382 g/mol. The van der Waals surface area contributed by atoms with Gasteiger partial charge in [0.2, 0.25) is 0 Å². The van der Waals surface area contributed by atoms with Crippen LogP contribution in [0.15, 0.2) is 48.5 Å². The molecule has 0 spiro atoms. The number of carbonyl (C=O) groups is 1. The first-order chi connectivity index (χ1) is 13.6. The van der Waals surface area contributed by atoms with Crippen molar-refractivity contribution in [2.75, 3.05) is 31.6 Å². The molecule has 1 fully saturated rings. The second kappa shape index (κ2) is 10.2. The van der Waals surface area contributed by atoms with E-state index in [0.29, 0.717) is 11.8 Å². The lowest BCUT2D eigenvalue weighted by Crippen LogP contribution is -2.37. The van der Waals surface area contributed by atoms with Crippen molar-refractivity contribution in [2.45, 2.75) is 39.3 Å². The molecule has 150 valence electrons. The topological polar surface area (TPSA) is 53.6 Å². The largest absolute Gasteiger partial charge is 0.484 e. The zero-order valence-electron chi connectivity index (χ0n) is 16.9. The molecule has 28 heavy (non-hydrogen) atoms. The van der Waals surface area contributed by atoms with Gasteiger partial charge in [-0.05, 0) is 62.7 Å². The fourth-order valence-electron chi connectivity index (χ4n) is 3.61. The van der Waals surface area contributed by atoms with Crippen LogP contribution in [0.1, 0.15) is 30.9 Å². The molecule has 1 amide bonds. The van der Waals surface area contributed by atoms with Crippen LogP contribution in [0.2, 0.25) is 0 Å². The lowest BCUT2D eigenvalue weighted by molar-refractivity contribution is -0.118. The lowest BCUT2D eigenvalue weighted by atomic mass is 10.2. The van der Waals surface area contributed by atoms with E-state index in [9.17, 15) is 4.79 Å². The van der Waals surface area contributed by atoms with E-state index in [0.717, 1.165) is 30.9 Å². The Hall–Kier alpha value is -2.37. The summed E-state index contributed by atoms with van der Waals surface area (Å²) < 4.78 is 5.59. The van der Waals surface area contributed by atoms with E-state index in [1.807, 2.05) is 55.5 Å². The third kappa shape index (κ3) is 6.08. The van der Waals surface area contributed by atoms with Crippen LogP contribution in [0, 0.1) is 6.92 Å². The van der Waals surface area contributed by atoms with E-state index in [1.165, 1.54) is 24.9 Å². The zero-order chi connectivity index (χ0) is 19.8. The molecule has 1 aliphatic heterocycles. The van der Waals surface area contributed by atoms with Crippen molar-refractivity contribution >= 4 is 11.6 Å². The van der Waals surface area contributed by atoms with E-state index < -0.39 is 0 Å². The Morgan fingerprint density at radius 3 is 2.61 bits per heavy atom. The molecule has 0 saturated carbocycles. The van der Waals surface area contributed by atoms with Gasteiger partial charge in [0, 0.05) is 24.8 Å². The van der Waals surface area contributed by atoms with E-state index in [2.05, 4.69) is 22.5 Å². The summed E-state index contributed by atoms with van der Waals surface area (Å²) in [5.41, 5.74) is 3.16. The minimum absolute atomic E-state index is 0.00000551. The maximum atomic E-state index is 12.0. The number of rotatable bonds is 9. The molecule has 0 radical (unpaired) electrons. The molecule has 2 aromatic carbocycles. The molecular formula is C23H31N3O2. The smallest absolute Gasteiger partial charge is 0.262 e. The van der Waals surface area contributed by atoms with Crippen molar-refractivity contribution in [1.82, 2.24) is 10.2 Å². The lowest BCUT2D eigenvalue weighted by Gasteiger charge is -2.23. The van der Waals surface area contributed by atoms with Gasteiger partial charge in [-0.15, -0.1) is 0 Å². The summed E-state index contributed by atoms with van der Waals surface area (Å²) >= 11 is 0. The molecule has 1 heterocycles. The van der Waals surface area contributed by atoms with Crippen LogP contribution in [0.5, 0.6) is 5.75 Å². The predicted octanol–water partition coefficient (Wildman–Crippen LogP) is 3.59. The van der Waals surface area contributed by atoms with Gasteiger partial charge < -0.3 is 15.4 Å². The number of aryl methyl sites for hydroxylation is 1. The highest BCUT2D eigenvalue weighted by Crippen LogP contribution is 2.16. The normalized spacial score (nSPS) is 16.9. The Labute approximate surface area is 168 Å². The Morgan fingerprint density at radius 2 is 1.89 bits per heavy atom. The van der Waals surface area contributed by atoms with Gasteiger partial charge in [0.15, 0.2) is 6.61 Å². The summed E-state index contributed by atoms with van der Waals surface area (Å²) in [6.45, 7) is 8.50. The average Bonchev–Trinajstić information content (AvgIpc) is 3.17. The van der Waals surface area contributed by atoms with Gasteiger partial charge in [-0.1, -0.05) is 36.8 Å². The van der Waals surface area contributed by atoms with Crippen LogP contribution in [0.25, 0.3) is 0 Å². The van der Waals surface area contributed by atoms with Gasteiger partial charge in [0.25, 0.3) is 5.91 Å². The van der Waals surface area contributed by atoms with E-state index in [4.69, 9.17) is 4.74 Å². The number of benzene rings is 2. The minimum Gasteiger partial charge on any atom is -0.484 e. The van der Waals surface area contributed by atoms with Crippen molar-refractivity contribution in [2.24, 2.45) is 0 Å². The van der Waals surface area contributed by atoms with E-state index >= 15 is 0 Å². The fourth-order valence-corrected chi connectivity index (χ4v) is 3.61. The third-order valence-electron chi connectivity index (χ3n) is 5.24. The number of nitrogens with zero attached hydrogens (tertiary/aromatic N) is 1. The molecule has 5 heteroatoms. The Kier molecular flexibility index (Phi) is 7.46. The first-order valence-corrected chi connectivity index (χ1v) is 10.2. The quantitative estimate of drug-likeness (QED) is 0.697. The van der Waals surface area contributed by atoms with Crippen LogP contribution in [-0.4, -0.2) is 43.1 Å². The highest BCUT2D eigenvalue weighted by Gasteiger charge is 2.21. The molecule has 3 rings (SSSR count). The van der Waals surface area contributed by atoms with Gasteiger partial charge in [-0.2, -0.15) is 0 Å². The van der Waals surface area contributed by atoms with Crippen LogP contribution in [-0.2, 0) is 11.3 Å². The standard InChI is InChI=1S/C23H31N3O2/c1-3-26-14-4-5-21(26)16-24-15-19-8-12-22(13-9-19)28-17-23(27)25-20-10-6-18(2)7-11-20/h6-13,21,24H,3-5,14-17H2,1-2H3,(H,25,27)/t21-/m0/s1. The molecule has 0 bridgehead atoms. The Balaban J connectivity index is 1.38. The van der Waals surface area contributed by atoms with Crippen LogP contribution in [0.4, 0.5) is 5.69 Å². The number of carbonyl (C=O) groups excluding carboxylic acids is 1. The maximum absolute atomic E-state index is 12.0. The van der Waals surface area contributed by atoms with Gasteiger partial charge in [0.1, 0.15) is 5.75 Å². The number of amides is 1. The number of ether oxygens (including phenoxy) is 1. The predicted molar refractivity (Wildman–Crippen MR) is 114 cm³/mol. The molecule has 5 nitrogen and oxygen atoms in total. The molecule has 1 atom stereocenters. The highest BCUT2D eigenvalue weighted by atomic mass is 16.5. The fraction of sp³-hybridized carbons (Fsp3) is 0.435. The van der Waals surface area contributed by atoms with E-state index in [-0.39, 0.29) is 12.5 Å². The van der Waals surface area contributed by atoms with Gasteiger partial charge >= 0.3 is 0 Å². The van der Waals surface area contributed by atoms with Crippen LogP contribution in [0.3, 0.4) is 0 Å². The Bertz CT molecular complexity index is 743. The monoisotopic (exact) mass is 381 g/mol. The number of anilines is 1. The van der Waals surface area contributed by atoms with Gasteiger partial charge in [-0.3, -0.25) is 9.69 Å². The first kappa shape index (κ1) is 20.4. The summed E-state index contributed by atoms with van der Waals surface area (Å²) in [5.74, 6) is 0.544. The molecule has 0 unspecified atom stereocenters. The summed E-state index contributed by atoms with van der Waals surface area (Å²) in [4.78, 5) is 14.6. The molecule has 2 aromatic rings. The summed E-state index contributed by atoms with van der Waals surface area (Å²) in [5, 5.41) is 6.40. The zero-order valence-corrected chi connectivity index (χ0v) is 16.9. The third-order valence-corrected chi connectivity index (χ3v) is 5.24. The van der Waals surface area contributed by atoms with E-state index in [1.54, 1.807) is 0 Å². The molecule has 2 N–H and O–H groups in total. The van der Waals surface area contributed by atoms with Crippen molar-refractivity contribution in [1.29, 1.82) is 0 Å². The number of nitrogens with one attached hydrogen (secondary N) is 2. The molecular weight excluding hydrogens is 350 g/mol. The molecule has 0 aliphatic carbocycles. The molecule has 1 aliphatic rings. The second-order valence-corrected chi connectivity index (χ2v) is 7.40. The van der Waals surface area contributed by atoms with Gasteiger partial charge in [0.05, 0.1) is 0 Å². The summed E-state index contributed by atoms with van der Waals surface area (Å²) in [6.07, 6.45) is 2.60. The van der Waals surface area contributed by atoms with Crippen LogP contribution < -0.4 is 15.4 Å². The van der Waals surface area contributed by atoms with Crippen molar-refractivity contribution in [3.05, 3.63) is 59.7 Å².